The predicted octanol–water partition coefficient (Wildman–Crippen LogP) is 3.84. The summed E-state index contributed by atoms with van der Waals surface area (Å²) in [5, 5.41) is 7.19. The number of rotatable bonds is 6. The Hall–Kier alpha value is -0.560. The SMILES string of the molecule is CN=C(NCc1ccc(Cl)nc1)NC(C)CCC(C)C.I. The van der Waals surface area contributed by atoms with Crippen LogP contribution in [-0.2, 0) is 6.54 Å². The Bertz CT molecular complexity index is 420. The maximum absolute atomic E-state index is 5.76. The second-order valence-corrected chi connectivity index (χ2v) is 5.82. The number of hydrogen-bond donors (Lipinski definition) is 2. The summed E-state index contributed by atoms with van der Waals surface area (Å²) in [6.07, 6.45) is 4.12. The molecule has 0 radical (unpaired) electrons. The lowest BCUT2D eigenvalue weighted by molar-refractivity contribution is 0.489. The lowest BCUT2D eigenvalue weighted by Crippen LogP contribution is -2.41. The van der Waals surface area contributed by atoms with Crippen LogP contribution in [0.5, 0.6) is 0 Å². The molecule has 0 aliphatic heterocycles. The number of pyridine rings is 1. The molecule has 0 spiro atoms. The summed E-state index contributed by atoms with van der Waals surface area (Å²) in [5.41, 5.74) is 1.08. The fourth-order valence-corrected chi connectivity index (χ4v) is 1.89. The Balaban J connectivity index is 0.00000400. The first-order valence-corrected chi connectivity index (χ1v) is 7.46. The summed E-state index contributed by atoms with van der Waals surface area (Å²) >= 11 is 5.76. The first-order valence-electron chi connectivity index (χ1n) is 7.09. The molecular weight excluding hydrogens is 399 g/mol. The van der Waals surface area contributed by atoms with Crippen molar-refractivity contribution < 1.29 is 0 Å². The Morgan fingerprint density at radius 3 is 2.52 bits per heavy atom. The van der Waals surface area contributed by atoms with Crippen molar-refractivity contribution in [1.29, 1.82) is 0 Å². The number of nitrogens with zero attached hydrogens (tertiary/aromatic N) is 2. The van der Waals surface area contributed by atoms with Gasteiger partial charge in [0, 0.05) is 25.8 Å². The maximum Gasteiger partial charge on any atom is 0.191 e. The van der Waals surface area contributed by atoms with Crippen LogP contribution in [0.25, 0.3) is 0 Å². The largest absolute Gasteiger partial charge is 0.354 e. The topological polar surface area (TPSA) is 49.3 Å². The standard InChI is InChI=1S/C15H25ClN4.HI/c1-11(2)5-6-12(3)20-15(17-4)19-10-13-7-8-14(16)18-9-13;/h7-9,11-12H,5-6,10H2,1-4H3,(H2,17,19,20);1H. The van der Waals surface area contributed by atoms with E-state index in [4.69, 9.17) is 11.6 Å². The zero-order valence-corrected chi connectivity index (χ0v) is 16.3. The van der Waals surface area contributed by atoms with Gasteiger partial charge in [0.05, 0.1) is 0 Å². The van der Waals surface area contributed by atoms with Crippen molar-refractivity contribution in [3.8, 4) is 0 Å². The number of halogens is 2. The molecule has 0 fully saturated rings. The molecule has 6 heteroatoms. The van der Waals surface area contributed by atoms with Crippen molar-refractivity contribution in [3.63, 3.8) is 0 Å². The average Bonchev–Trinajstić information content (AvgIpc) is 2.43. The Morgan fingerprint density at radius 2 is 2.00 bits per heavy atom. The zero-order valence-electron chi connectivity index (χ0n) is 13.2. The molecular formula is C15H26ClIN4. The van der Waals surface area contributed by atoms with E-state index in [1.54, 1.807) is 19.3 Å². The molecule has 2 N–H and O–H groups in total. The first-order chi connectivity index (χ1) is 9.51. The molecule has 0 bridgehead atoms. The molecule has 1 atom stereocenters. The molecule has 120 valence electrons. The monoisotopic (exact) mass is 424 g/mol. The minimum absolute atomic E-state index is 0. The highest BCUT2D eigenvalue weighted by molar-refractivity contribution is 14.0. The van der Waals surface area contributed by atoms with Crippen LogP contribution in [-0.4, -0.2) is 24.0 Å². The molecule has 4 nitrogen and oxygen atoms in total. The van der Waals surface area contributed by atoms with E-state index in [9.17, 15) is 0 Å². The van der Waals surface area contributed by atoms with E-state index in [1.165, 1.54) is 6.42 Å². The Labute approximate surface area is 150 Å². The number of aliphatic imine (C=N–C) groups is 1. The third-order valence-electron chi connectivity index (χ3n) is 3.03. The predicted molar refractivity (Wildman–Crippen MR) is 102 cm³/mol. The van der Waals surface area contributed by atoms with E-state index in [2.05, 4.69) is 41.4 Å². The van der Waals surface area contributed by atoms with Crippen molar-refractivity contribution in [2.75, 3.05) is 7.05 Å². The van der Waals surface area contributed by atoms with Crippen molar-refractivity contribution in [2.45, 2.75) is 46.2 Å². The minimum atomic E-state index is 0. The van der Waals surface area contributed by atoms with Crippen LogP contribution >= 0.6 is 35.6 Å². The Kier molecular flexibility index (Phi) is 10.8. The van der Waals surface area contributed by atoms with Gasteiger partial charge in [-0.1, -0.05) is 31.5 Å². The summed E-state index contributed by atoms with van der Waals surface area (Å²) < 4.78 is 0. The quantitative estimate of drug-likeness (QED) is 0.316. The van der Waals surface area contributed by atoms with Crippen LogP contribution < -0.4 is 10.6 Å². The van der Waals surface area contributed by atoms with Crippen LogP contribution in [0.4, 0.5) is 0 Å². The lowest BCUT2D eigenvalue weighted by atomic mass is 10.0. The van der Waals surface area contributed by atoms with Gasteiger partial charge >= 0.3 is 0 Å². The second-order valence-electron chi connectivity index (χ2n) is 5.43. The molecule has 0 aromatic carbocycles. The van der Waals surface area contributed by atoms with Crippen LogP contribution in [0.1, 0.15) is 39.2 Å². The van der Waals surface area contributed by atoms with Gasteiger partial charge in [-0.05, 0) is 37.3 Å². The highest BCUT2D eigenvalue weighted by Crippen LogP contribution is 2.07. The molecule has 0 amide bonds. The zero-order chi connectivity index (χ0) is 15.0. The third-order valence-corrected chi connectivity index (χ3v) is 3.26. The number of hydrogen-bond acceptors (Lipinski definition) is 2. The highest BCUT2D eigenvalue weighted by atomic mass is 127. The summed E-state index contributed by atoms with van der Waals surface area (Å²) in [6, 6.07) is 4.16. The van der Waals surface area contributed by atoms with Crippen LogP contribution in [0.15, 0.2) is 23.3 Å². The molecule has 1 unspecified atom stereocenters. The molecule has 1 heterocycles. The van der Waals surface area contributed by atoms with E-state index in [1.807, 2.05) is 6.07 Å². The van der Waals surface area contributed by atoms with Crippen molar-refractivity contribution in [3.05, 3.63) is 29.0 Å². The maximum atomic E-state index is 5.76. The molecule has 21 heavy (non-hydrogen) atoms. The molecule has 0 aliphatic carbocycles. The van der Waals surface area contributed by atoms with E-state index in [0.717, 1.165) is 23.9 Å². The van der Waals surface area contributed by atoms with Gasteiger partial charge in [-0.3, -0.25) is 4.99 Å². The lowest BCUT2D eigenvalue weighted by Gasteiger charge is -2.18. The smallest absolute Gasteiger partial charge is 0.191 e. The van der Waals surface area contributed by atoms with Crippen LogP contribution in [0, 0.1) is 5.92 Å². The number of nitrogens with one attached hydrogen (secondary N) is 2. The van der Waals surface area contributed by atoms with Crippen LogP contribution in [0.3, 0.4) is 0 Å². The molecule has 0 saturated heterocycles. The fourth-order valence-electron chi connectivity index (χ4n) is 1.78. The van der Waals surface area contributed by atoms with Gasteiger partial charge in [-0.2, -0.15) is 0 Å². The second kappa shape index (κ2) is 11.1. The normalized spacial score (nSPS) is 12.8. The van der Waals surface area contributed by atoms with Gasteiger partial charge in [0.2, 0.25) is 0 Å². The van der Waals surface area contributed by atoms with Gasteiger partial charge in [0.25, 0.3) is 0 Å². The summed E-state index contributed by atoms with van der Waals surface area (Å²) in [7, 11) is 1.78. The van der Waals surface area contributed by atoms with E-state index < -0.39 is 0 Å². The summed E-state index contributed by atoms with van der Waals surface area (Å²) in [4.78, 5) is 8.29. The van der Waals surface area contributed by atoms with Crippen molar-refractivity contribution in [2.24, 2.45) is 10.9 Å². The highest BCUT2D eigenvalue weighted by Gasteiger charge is 2.06. The molecule has 1 aromatic heterocycles. The molecule has 1 aromatic rings. The van der Waals surface area contributed by atoms with E-state index >= 15 is 0 Å². The first kappa shape index (κ1) is 20.4. The number of aromatic nitrogens is 1. The summed E-state index contributed by atoms with van der Waals surface area (Å²) in [6.45, 7) is 7.35. The Morgan fingerprint density at radius 1 is 1.29 bits per heavy atom. The number of guanidine groups is 1. The summed E-state index contributed by atoms with van der Waals surface area (Å²) in [5.74, 6) is 1.55. The third kappa shape index (κ3) is 9.14. The molecule has 0 saturated carbocycles. The van der Waals surface area contributed by atoms with Crippen molar-refractivity contribution >= 4 is 41.5 Å². The molecule has 1 rings (SSSR count). The van der Waals surface area contributed by atoms with Gasteiger partial charge in [0.15, 0.2) is 5.96 Å². The van der Waals surface area contributed by atoms with Gasteiger partial charge < -0.3 is 10.6 Å². The van der Waals surface area contributed by atoms with E-state index in [-0.39, 0.29) is 24.0 Å². The van der Waals surface area contributed by atoms with E-state index in [0.29, 0.717) is 17.7 Å². The van der Waals surface area contributed by atoms with Gasteiger partial charge in [-0.25, -0.2) is 4.98 Å². The average molecular weight is 425 g/mol. The van der Waals surface area contributed by atoms with Gasteiger partial charge in [-0.15, -0.1) is 24.0 Å². The van der Waals surface area contributed by atoms with Gasteiger partial charge in [0.1, 0.15) is 5.15 Å². The fraction of sp³-hybridized carbons (Fsp3) is 0.600. The minimum Gasteiger partial charge on any atom is -0.354 e. The molecule has 0 aliphatic rings. The van der Waals surface area contributed by atoms with Crippen LogP contribution in [0.2, 0.25) is 5.15 Å². The van der Waals surface area contributed by atoms with Crippen molar-refractivity contribution in [1.82, 2.24) is 15.6 Å².